The third-order valence-electron chi connectivity index (χ3n) is 4.93. The van der Waals surface area contributed by atoms with Gasteiger partial charge in [-0.25, -0.2) is 12.8 Å². The van der Waals surface area contributed by atoms with Gasteiger partial charge < -0.3 is 4.90 Å². The molecule has 0 aromatic heterocycles. The van der Waals surface area contributed by atoms with Crippen molar-refractivity contribution in [3.8, 4) is 0 Å². The maximum Gasteiger partial charge on any atom is 0.227 e. The first-order chi connectivity index (χ1) is 11.7. The summed E-state index contributed by atoms with van der Waals surface area (Å²) in [5.41, 5.74) is 0.294. The van der Waals surface area contributed by atoms with Gasteiger partial charge in [-0.05, 0) is 36.5 Å². The van der Waals surface area contributed by atoms with E-state index in [0.717, 1.165) is 12.8 Å². The van der Waals surface area contributed by atoms with Crippen molar-refractivity contribution < 1.29 is 17.6 Å². The van der Waals surface area contributed by atoms with Crippen molar-refractivity contribution >= 4 is 15.9 Å². The standard InChI is InChI=1S/C18H25FN2O3S/c1-14(2)12-25(23,24)20-8-9-21(18(13-20)6-7-18)17(22)11-15-4-3-5-16(19)10-15/h3-5,10,14H,6-9,11-13H2,1-2H3. The van der Waals surface area contributed by atoms with Gasteiger partial charge in [0.05, 0.1) is 17.7 Å². The molecule has 7 heteroatoms. The van der Waals surface area contributed by atoms with Crippen molar-refractivity contribution in [1.29, 1.82) is 0 Å². The highest BCUT2D eigenvalue weighted by Crippen LogP contribution is 2.45. The van der Waals surface area contributed by atoms with Crippen LogP contribution in [0.15, 0.2) is 24.3 Å². The molecule has 1 amide bonds. The summed E-state index contributed by atoms with van der Waals surface area (Å²) in [7, 11) is -3.28. The molecular weight excluding hydrogens is 343 g/mol. The molecule has 1 aliphatic carbocycles. The molecule has 1 saturated carbocycles. The highest BCUT2D eigenvalue weighted by atomic mass is 32.2. The first-order valence-corrected chi connectivity index (χ1v) is 10.4. The first-order valence-electron chi connectivity index (χ1n) is 8.75. The van der Waals surface area contributed by atoms with Gasteiger partial charge >= 0.3 is 0 Å². The van der Waals surface area contributed by atoms with Gasteiger partial charge in [-0.3, -0.25) is 4.79 Å². The zero-order chi connectivity index (χ0) is 18.2. The van der Waals surface area contributed by atoms with Crippen molar-refractivity contribution in [3.05, 3.63) is 35.6 Å². The van der Waals surface area contributed by atoms with Crippen LogP contribution in [-0.2, 0) is 21.2 Å². The molecule has 3 rings (SSSR count). The van der Waals surface area contributed by atoms with E-state index in [1.165, 1.54) is 12.1 Å². The molecule has 5 nitrogen and oxygen atoms in total. The quantitative estimate of drug-likeness (QED) is 0.799. The van der Waals surface area contributed by atoms with Gasteiger partial charge in [0, 0.05) is 19.6 Å². The van der Waals surface area contributed by atoms with E-state index in [-0.39, 0.29) is 35.4 Å². The lowest BCUT2D eigenvalue weighted by Gasteiger charge is -2.41. The number of rotatable bonds is 5. The van der Waals surface area contributed by atoms with Gasteiger partial charge in [0.25, 0.3) is 0 Å². The van der Waals surface area contributed by atoms with Gasteiger partial charge in [0.2, 0.25) is 15.9 Å². The minimum Gasteiger partial charge on any atom is -0.334 e. The van der Waals surface area contributed by atoms with E-state index in [1.807, 2.05) is 18.7 Å². The Labute approximate surface area is 148 Å². The predicted octanol–water partition coefficient (Wildman–Crippen LogP) is 2.03. The molecule has 2 aliphatic rings. The van der Waals surface area contributed by atoms with Crippen molar-refractivity contribution in [1.82, 2.24) is 9.21 Å². The second-order valence-corrected chi connectivity index (χ2v) is 9.60. The number of piperazine rings is 1. The summed E-state index contributed by atoms with van der Waals surface area (Å²) in [6.07, 6.45) is 1.81. The summed E-state index contributed by atoms with van der Waals surface area (Å²) < 4.78 is 39.9. The third kappa shape index (κ3) is 4.03. The number of amides is 1. The zero-order valence-electron chi connectivity index (χ0n) is 14.7. The number of nitrogens with zero attached hydrogens (tertiary/aromatic N) is 2. The third-order valence-corrected chi connectivity index (χ3v) is 7.11. The number of hydrogen-bond acceptors (Lipinski definition) is 3. The summed E-state index contributed by atoms with van der Waals surface area (Å²) in [6.45, 7) is 4.92. The average Bonchev–Trinajstić information content (AvgIpc) is 3.25. The molecule has 1 spiro atoms. The molecule has 0 unspecified atom stereocenters. The van der Waals surface area contributed by atoms with E-state index in [0.29, 0.717) is 25.2 Å². The molecule has 1 aromatic carbocycles. The van der Waals surface area contributed by atoms with Crippen molar-refractivity contribution in [2.75, 3.05) is 25.4 Å². The molecule has 0 N–H and O–H groups in total. The monoisotopic (exact) mass is 368 g/mol. The zero-order valence-corrected chi connectivity index (χ0v) is 15.6. The van der Waals surface area contributed by atoms with Crippen LogP contribution in [0.25, 0.3) is 0 Å². The Balaban J connectivity index is 1.69. The number of sulfonamides is 1. The summed E-state index contributed by atoms with van der Waals surface area (Å²) in [5.74, 6) is -0.187. The molecule has 25 heavy (non-hydrogen) atoms. The maximum absolute atomic E-state index is 13.3. The number of carbonyl (C=O) groups excluding carboxylic acids is 1. The van der Waals surface area contributed by atoms with E-state index in [9.17, 15) is 17.6 Å². The van der Waals surface area contributed by atoms with Gasteiger partial charge in [0.1, 0.15) is 5.82 Å². The Hall–Kier alpha value is -1.47. The number of hydrogen-bond donors (Lipinski definition) is 0. The summed E-state index contributed by atoms with van der Waals surface area (Å²) in [5, 5.41) is 0. The Morgan fingerprint density at radius 2 is 2.00 bits per heavy atom. The summed E-state index contributed by atoms with van der Waals surface area (Å²) >= 11 is 0. The maximum atomic E-state index is 13.3. The molecular formula is C18H25FN2O3S. The Bertz CT molecular complexity index is 759. The topological polar surface area (TPSA) is 57.7 Å². The molecule has 1 heterocycles. The Morgan fingerprint density at radius 3 is 2.60 bits per heavy atom. The molecule has 1 saturated heterocycles. The molecule has 1 aliphatic heterocycles. The minimum atomic E-state index is -3.28. The first kappa shape index (κ1) is 18.3. The number of benzene rings is 1. The fourth-order valence-electron chi connectivity index (χ4n) is 3.58. The average molecular weight is 368 g/mol. The molecule has 0 bridgehead atoms. The van der Waals surface area contributed by atoms with E-state index < -0.39 is 10.0 Å². The van der Waals surface area contributed by atoms with Gasteiger partial charge in [-0.2, -0.15) is 4.31 Å². The Morgan fingerprint density at radius 1 is 1.28 bits per heavy atom. The molecule has 2 fully saturated rings. The molecule has 1 aromatic rings. The van der Waals surface area contributed by atoms with Crippen LogP contribution in [-0.4, -0.2) is 54.5 Å². The van der Waals surface area contributed by atoms with Crippen LogP contribution in [0.2, 0.25) is 0 Å². The van der Waals surface area contributed by atoms with E-state index in [1.54, 1.807) is 16.4 Å². The number of halogens is 1. The van der Waals surface area contributed by atoms with Crippen molar-refractivity contribution in [2.24, 2.45) is 5.92 Å². The molecule has 138 valence electrons. The van der Waals surface area contributed by atoms with Crippen LogP contribution in [0.1, 0.15) is 32.3 Å². The number of carbonyl (C=O) groups is 1. The van der Waals surface area contributed by atoms with Gasteiger partial charge in [0.15, 0.2) is 0 Å². The molecule has 0 atom stereocenters. The smallest absolute Gasteiger partial charge is 0.227 e. The lowest BCUT2D eigenvalue weighted by molar-refractivity contribution is -0.135. The fourth-order valence-corrected chi connectivity index (χ4v) is 5.43. The normalized spacial score (nSPS) is 20.2. The van der Waals surface area contributed by atoms with E-state index in [4.69, 9.17) is 0 Å². The van der Waals surface area contributed by atoms with Crippen LogP contribution in [0.3, 0.4) is 0 Å². The van der Waals surface area contributed by atoms with Crippen LogP contribution in [0.4, 0.5) is 4.39 Å². The van der Waals surface area contributed by atoms with Crippen LogP contribution < -0.4 is 0 Å². The van der Waals surface area contributed by atoms with Crippen LogP contribution >= 0.6 is 0 Å². The summed E-state index contributed by atoms with van der Waals surface area (Å²) in [4.78, 5) is 14.5. The second-order valence-electron chi connectivity index (χ2n) is 7.58. The highest BCUT2D eigenvalue weighted by Gasteiger charge is 2.54. The summed E-state index contributed by atoms with van der Waals surface area (Å²) in [6, 6.07) is 6.07. The van der Waals surface area contributed by atoms with E-state index in [2.05, 4.69) is 0 Å². The van der Waals surface area contributed by atoms with E-state index >= 15 is 0 Å². The second kappa shape index (κ2) is 6.68. The predicted molar refractivity (Wildman–Crippen MR) is 94.0 cm³/mol. The SMILES string of the molecule is CC(C)CS(=O)(=O)N1CCN(C(=O)Cc2cccc(F)c2)C2(CC2)C1. The van der Waals surface area contributed by atoms with Gasteiger partial charge in [-0.1, -0.05) is 26.0 Å². The lowest BCUT2D eigenvalue weighted by atomic mass is 10.1. The van der Waals surface area contributed by atoms with Gasteiger partial charge in [-0.15, -0.1) is 0 Å². The van der Waals surface area contributed by atoms with Crippen LogP contribution in [0.5, 0.6) is 0 Å². The van der Waals surface area contributed by atoms with Crippen molar-refractivity contribution in [2.45, 2.75) is 38.6 Å². The largest absolute Gasteiger partial charge is 0.334 e. The Kier molecular flexibility index (Phi) is 4.90. The fraction of sp³-hybridized carbons (Fsp3) is 0.611. The van der Waals surface area contributed by atoms with Crippen LogP contribution in [0, 0.1) is 11.7 Å². The highest BCUT2D eigenvalue weighted by molar-refractivity contribution is 7.89. The minimum absolute atomic E-state index is 0.0518. The van der Waals surface area contributed by atoms with Crippen molar-refractivity contribution in [3.63, 3.8) is 0 Å². The lowest BCUT2D eigenvalue weighted by Crippen LogP contribution is -2.58. The molecule has 0 radical (unpaired) electrons.